The molecule has 2 aromatic carbocycles. The molecule has 0 aliphatic rings. The summed E-state index contributed by atoms with van der Waals surface area (Å²) < 4.78 is 32.2. The van der Waals surface area contributed by atoms with Gasteiger partial charge in [0.1, 0.15) is 5.76 Å². The van der Waals surface area contributed by atoms with E-state index in [4.69, 9.17) is 16.0 Å². The quantitative estimate of drug-likeness (QED) is 0.519. The van der Waals surface area contributed by atoms with Crippen LogP contribution in [-0.4, -0.2) is 27.9 Å². The van der Waals surface area contributed by atoms with Crippen LogP contribution in [0.15, 0.2) is 70.2 Å². The average molecular weight is 447 g/mol. The number of halogens is 1. The van der Waals surface area contributed by atoms with Gasteiger partial charge in [0.25, 0.3) is 15.9 Å². The molecule has 158 valence electrons. The summed E-state index contributed by atoms with van der Waals surface area (Å²) in [5, 5.41) is 3.07. The SMILES string of the molecule is Cc1ccc(S(=O)(=O)N(C)c2ccc(Cl)c(C(=O)NCCCc3ccco3)c2)cc1. The second-order valence-electron chi connectivity index (χ2n) is 6.89. The first-order chi connectivity index (χ1) is 14.3. The number of nitrogens with zero attached hydrogens (tertiary/aromatic N) is 1. The van der Waals surface area contributed by atoms with Crippen LogP contribution in [0.3, 0.4) is 0 Å². The summed E-state index contributed by atoms with van der Waals surface area (Å²) in [6.07, 6.45) is 3.02. The van der Waals surface area contributed by atoms with Gasteiger partial charge in [0.15, 0.2) is 0 Å². The topological polar surface area (TPSA) is 79.6 Å². The summed E-state index contributed by atoms with van der Waals surface area (Å²) in [6.45, 7) is 2.33. The Morgan fingerprint density at radius 2 is 1.87 bits per heavy atom. The zero-order valence-electron chi connectivity index (χ0n) is 16.8. The Hall–Kier alpha value is -2.77. The lowest BCUT2D eigenvalue weighted by Gasteiger charge is -2.20. The van der Waals surface area contributed by atoms with Crippen LogP contribution < -0.4 is 9.62 Å². The Bertz CT molecular complexity index is 1110. The van der Waals surface area contributed by atoms with Crippen LogP contribution in [-0.2, 0) is 16.4 Å². The molecule has 0 fully saturated rings. The van der Waals surface area contributed by atoms with Crippen molar-refractivity contribution in [3.05, 3.63) is 82.8 Å². The van der Waals surface area contributed by atoms with Crippen molar-refractivity contribution < 1.29 is 17.6 Å². The highest BCUT2D eigenvalue weighted by Gasteiger charge is 2.22. The van der Waals surface area contributed by atoms with Gasteiger partial charge in [-0.05, 0) is 55.8 Å². The lowest BCUT2D eigenvalue weighted by Crippen LogP contribution is -2.28. The molecular weight excluding hydrogens is 424 g/mol. The summed E-state index contributed by atoms with van der Waals surface area (Å²) in [5.74, 6) is 0.495. The number of furan rings is 1. The molecule has 1 aromatic heterocycles. The van der Waals surface area contributed by atoms with Crippen molar-refractivity contribution in [1.82, 2.24) is 5.32 Å². The van der Waals surface area contributed by atoms with Crippen molar-refractivity contribution in [2.75, 3.05) is 17.9 Å². The maximum Gasteiger partial charge on any atom is 0.264 e. The van der Waals surface area contributed by atoms with Crippen LogP contribution in [0.25, 0.3) is 0 Å². The molecule has 0 saturated heterocycles. The van der Waals surface area contributed by atoms with Crippen molar-refractivity contribution >= 4 is 33.2 Å². The Kier molecular flexibility index (Phi) is 6.84. The summed E-state index contributed by atoms with van der Waals surface area (Å²) in [5.41, 5.74) is 1.54. The molecule has 0 atom stereocenters. The summed E-state index contributed by atoms with van der Waals surface area (Å²) >= 11 is 6.19. The molecule has 0 unspecified atom stereocenters. The number of benzene rings is 2. The molecule has 1 amide bonds. The molecule has 8 heteroatoms. The fraction of sp³-hybridized carbons (Fsp3) is 0.227. The lowest BCUT2D eigenvalue weighted by molar-refractivity contribution is 0.0953. The van der Waals surface area contributed by atoms with Crippen LogP contribution in [0.5, 0.6) is 0 Å². The second kappa shape index (κ2) is 9.36. The molecule has 0 aliphatic carbocycles. The first kappa shape index (κ1) is 21.9. The number of amides is 1. The van der Waals surface area contributed by atoms with Crippen LogP contribution in [0.1, 0.15) is 28.1 Å². The molecule has 1 N–H and O–H groups in total. The Balaban J connectivity index is 1.71. The van der Waals surface area contributed by atoms with Crippen LogP contribution in [0.2, 0.25) is 5.02 Å². The minimum absolute atomic E-state index is 0.175. The van der Waals surface area contributed by atoms with Crippen LogP contribution >= 0.6 is 11.6 Å². The van der Waals surface area contributed by atoms with E-state index < -0.39 is 10.0 Å². The van der Waals surface area contributed by atoms with E-state index in [0.717, 1.165) is 15.6 Å². The normalized spacial score (nSPS) is 11.3. The molecule has 0 spiro atoms. The van der Waals surface area contributed by atoms with Gasteiger partial charge in [0.05, 0.1) is 27.4 Å². The standard InChI is InChI=1S/C22H23ClN2O4S/c1-16-7-10-19(11-8-16)30(27,28)25(2)17-9-12-21(23)20(15-17)22(26)24-13-3-5-18-6-4-14-29-18/h4,6-12,14-15H,3,5,13H2,1-2H3,(H,24,26). The number of nitrogens with one attached hydrogen (secondary N) is 1. The first-order valence-corrected chi connectivity index (χ1v) is 11.3. The predicted octanol–water partition coefficient (Wildman–Crippen LogP) is 4.43. The van der Waals surface area contributed by atoms with Crippen LogP contribution in [0, 0.1) is 6.92 Å². The van der Waals surface area contributed by atoms with Gasteiger partial charge in [0.2, 0.25) is 0 Å². The number of aryl methyl sites for hydroxylation is 2. The second-order valence-corrected chi connectivity index (χ2v) is 9.27. The molecule has 30 heavy (non-hydrogen) atoms. The summed E-state index contributed by atoms with van der Waals surface area (Å²) in [7, 11) is -2.31. The number of hydrogen-bond acceptors (Lipinski definition) is 4. The van der Waals surface area contributed by atoms with Gasteiger partial charge in [-0.2, -0.15) is 0 Å². The number of sulfonamides is 1. The molecule has 1 heterocycles. The molecule has 0 radical (unpaired) electrons. The zero-order chi connectivity index (χ0) is 21.7. The van der Waals surface area contributed by atoms with Crippen molar-refractivity contribution in [1.29, 1.82) is 0 Å². The Morgan fingerprint density at radius 1 is 1.13 bits per heavy atom. The summed E-state index contributed by atoms with van der Waals surface area (Å²) in [4.78, 5) is 12.7. The largest absolute Gasteiger partial charge is 0.469 e. The van der Waals surface area contributed by atoms with E-state index in [1.807, 2.05) is 19.1 Å². The third kappa shape index (κ3) is 5.04. The van der Waals surface area contributed by atoms with Gasteiger partial charge in [-0.25, -0.2) is 8.42 Å². The van der Waals surface area contributed by atoms with Crippen molar-refractivity contribution in [3.8, 4) is 0 Å². The molecule has 0 aliphatic heterocycles. The monoisotopic (exact) mass is 446 g/mol. The van der Waals surface area contributed by atoms with Gasteiger partial charge < -0.3 is 9.73 Å². The van der Waals surface area contributed by atoms with Crippen molar-refractivity contribution in [2.24, 2.45) is 0 Å². The van der Waals surface area contributed by atoms with Gasteiger partial charge in [-0.15, -0.1) is 0 Å². The molecule has 6 nitrogen and oxygen atoms in total. The van der Waals surface area contributed by atoms with E-state index in [9.17, 15) is 13.2 Å². The molecule has 0 bridgehead atoms. The smallest absolute Gasteiger partial charge is 0.264 e. The predicted molar refractivity (Wildman–Crippen MR) is 118 cm³/mol. The number of rotatable bonds is 8. The maximum atomic E-state index is 12.9. The molecule has 0 saturated carbocycles. The first-order valence-electron chi connectivity index (χ1n) is 9.45. The van der Waals surface area contributed by atoms with Crippen molar-refractivity contribution in [3.63, 3.8) is 0 Å². The van der Waals surface area contributed by atoms with Crippen molar-refractivity contribution in [2.45, 2.75) is 24.7 Å². The molecule has 3 rings (SSSR count). The average Bonchev–Trinajstić information content (AvgIpc) is 3.25. The third-order valence-electron chi connectivity index (χ3n) is 4.70. The van der Waals surface area contributed by atoms with Gasteiger partial charge in [-0.1, -0.05) is 29.3 Å². The molecule has 3 aromatic rings. The highest BCUT2D eigenvalue weighted by Crippen LogP contribution is 2.27. The van der Waals surface area contributed by atoms with Gasteiger partial charge >= 0.3 is 0 Å². The third-order valence-corrected chi connectivity index (χ3v) is 6.83. The number of hydrogen-bond donors (Lipinski definition) is 1. The fourth-order valence-corrected chi connectivity index (χ4v) is 4.30. The number of carbonyl (C=O) groups excluding carboxylic acids is 1. The van der Waals surface area contributed by atoms with E-state index in [1.54, 1.807) is 36.6 Å². The van der Waals surface area contributed by atoms with E-state index in [2.05, 4.69) is 5.32 Å². The minimum atomic E-state index is -3.76. The highest BCUT2D eigenvalue weighted by atomic mass is 35.5. The van der Waals surface area contributed by atoms with E-state index in [1.165, 1.54) is 19.2 Å². The summed E-state index contributed by atoms with van der Waals surface area (Å²) in [6, 6.07) is 14.9. The Labute approximate surface area is 181 Å². The van der Waals surface area contributed by atoms with Gasteiger partial charge in [-0.3, -0.25) is 9.10 Å². The lowest BCUT2D eigenvalue weighted by atomic mass is 10.1. The number of anilines is 1. The zero-order valence-corrected chi connectivity index (χ0v) is 18.3. The van der Waals surface area contributed by atoms with E-state index in [-0.39, 0.29) is 21.4 Å². The fourth-order valence-electron chi connectivity index (χ4n) is 2.90. The minimum Gasteiger partial charge on any atom is -0.469 e. The maximum absolute atomic E-state index is 12.9. The van der Waals surface area contributed by atoms with Gasteiger partial charge in [0, 0.05) is 20.0 Å². The molecular formula is C22H23ClN2O4S. The highest BCUT2D eigenvalue weighted by molar-refractivity contribution is 7.92. The van der Waals surface area contributed by atoms with E-state index >= 15 is 0 Å². The van der Waals surface area contributed by atoms with Crippen LogP contribution in [0.4, 0.5) is 5.69 Å². The Morgan fingerprint density at radius 3 is 2.53 bits per heavy atom. The number of carbonyl (C=O) groups is 1. The van der Waals surface area contributed by atoms with E-state index in [0.29, 0.717) is 25.1 Å².